The van der Waals surface area contributed by atoms with Crippen molar-refractivity contribution in [2.45, 2.75) is 52.0 Å². The Labute approximate surface area is 115 Å². The minimum Gasteiger partial charge on any atom is -0.325 e. The summed E-state index contributed by atoms with van der Waals surface area (Å²) in [6, 6.07) is 6.61. The molecule has 1 aliphatic rings. The molecule has 0 spiro atoms. The number of rotatable bonds is 4. The first-order valence-corrected chi connectivity index (χ1v) is 7.25. The maximum absolute atomic E-state index is 11.9. The van der Waals surface area contributed by atoms with Crippen molar-refractivity contribution < 1.29 is 4.79 Å². The topological polar surface area (TPSA) is 41.1 Å². The Balaban J connectivity index is 1.80. The number of carbonyl (C=O) groups excluding carboxylic acids is 1. The third-order valence-electron chi connectivity index (χ3n) is 3.81. The Morgan fingerprint density at radius 1 is 1.21 bits per heavy atom. The zero-order valence-corrected chi connectivity index (χ0v) is 12.0. The largest absolute Gasteiger partial charge is 0.325 e. The van der Waals surface area contributed by atoms with Crippen LogP contribution in [-0.2, 0) is 4.79 Å². The van der Waals surface area contributed by atoms with Crippen LogP contribution in [0.4, 0.5) is 5.69 Å². The van der Waals surface area contributed by atoms with E-state index in [1.807, 2.05) is 19.1 Å². The third kappa shape index (κ3) is 4.35. The van der Waals surface area contributed by atoms with Gasteiger partial charge in [-0.25, -0.2) is 0 Å². The number of nitrogens with one attached hydrogen (secondary N) is 2. The molecule has 0 atom stereocenters. The van der Waals surface area contributed by atoms with Gasteiger partial charge in [-0.2, -0.15) is 0 Å². The molecule has 1 aliphatic carbocycles. The lowest BCUT2D eigenvalue weighted by atomic mass is 9.95. The molecule has 0 heterocycles. The lowest BCUT2D eigenvalue weighted by Gasteiger charge is -2.22. The molecule has 0 saturated heterocycles. The summed E-state index contributed by atoms with van der Waals surface area (Å²) in [4.78, 5) is 11.9. The van der Waals surface area contributed by atoms with E-state index in [-0.39, 0.29) is 5.91 Å². The lowest BCUT2D eigenvalue weighted by Crippen LogP contribution is -2.37. The van der Waals surface area contributed by atoms with E-state index in [1.165, 1.54) is 37.7 Å². The molecule has 2 N–H and O–H groups in total. The Bertz CT molecular complexity index is 436. The smallest absolute Gasteiger partial charge is 0.238 e. The molecule has 1 aromatic carbocycles. The van der Waals surface area contributed by atoms with Gasteiger partial charge in [0.05, 0.1) is 6.54 Å². The summed E-state index contributed by atoms with van der Waals surface area (Å²) in [7, 11) is 0. The van der Waals surface area contributed by atoms with Crippen molar-refractivity contribution in [3.63, 3.8) is 0 Å². The summed E-state index contributed by atoms with van der Waals surface area (Å²) in [6.45, 7) is 4.50. The van der Waals surface area contributed by atoms with Gasteiger partial charge in [-0.3, -0.25) is 4.79 Å². The van der Waals surface area contributed by atoms with Crippen LogP contribution in [0.25, 0.3) is 0 Å². The van der Waals surface area contributed by atoms with Gasteiger partial charge in [-0.1, -0.05) is 37.0 Å². The van der Waals surface area contributed by atoms with Crippen LogP contribution >= 0.6 is 0 Å². The van der Waals surface area contributed by atoms with Crippen molar-refractivity contribution in [2.75, 3.05) is 11.9 Å². The maximum Gasteiger partial charge on any atom is 0.238 e. The normalized spacial score (nSPS) is 16.3. The number of benzene rings is 1. The van der Waals surface area contributed by atoms with Gasteiger partial charge in [-0.05, 0) is 38.3 Å². The Morgan fingerprint density at radius 2 is 1.95 bits per heavy atom. The fraction of sp³-hybridized carbons (Fsp3) is 0.562. The molecule has 1 aromatic rings. The summed E-state index contributed by atoms with van der Waals surface area (Å²) in [6.07, 6.45) is 6.33. The van der Waals surface area contributed by atoms with Crippen molar-refractivity contribution in [1.82, 2.24) is 5.32 Å². The molecule has 0 radical (unpaired) electrons. The number of hydrogen-bond donors (Lipinski definition) is 2. The molecular weight excluding hydrogens is 236 g/mol. The number of hydrogen-bond acceptors (Lipinski definition) is 2. The zero-order chi connectivity index (χ0) is 13.7. The van der Waals surface area contributed by atoms with Crippen LogP contribution in [0.15, 0.2) is 18.2 Å². The number of aryl methyl sites for hydroxylation is 2. The van der Waals surface area contributed by atoms with E-state index in [4.69, 9.17) is 0 Å². The van der Waals surface area contributed by atoms with Gasteiger partial charge >= 0.3 is 0 Å². The summed E-state index contributed by atoms with van der Waals surface area (Å²) in [5.41, 5.74) is 3.25. The molecule has 3 nitrogen and oxygen atoms in total. The molecule has 0 unspecified atom stereocenters. The predicted molar refractivity (Wildman–Crippen MR) is 79.4 cm³/mol. The van der Waals surface area contributed by atoms with E-state index in [0.717, 1.165) is 11.3 Å². The van der Waals surface area contributed by atoms with E-state index in [0.29, 0.717) is 12.6 Å². The van der Waals surface area contributed by atoms with Crippen LogP contribution in [0.3, 0.4) is 0 Å². The van der Waals surface area contributed by atoms with Gasteiger partial charge in [0.2, 0.25) is 5.91 Å². The minimum absolute atomic E-state index is 0.0533. The quantitative estimate of drug-likeness (QED) is 0.873. The Kier molecular flexibility index (Phi) is 4.97. The van der Waals surface area contributed by atoms with Crippen LogP contribution in [0.1, 0.15) is 43.2 Å². The van der Waals surface area contributed by atoms with Gasteiger partial charge in [0, 0.05) is 11.7 Å². The predicted octanol–water partition coefficient (Wildman–Crippen LogP) is 3.16. The maximum atomic E-state index is 11.9. The summed E-state index contributed by atoms with van der Waals surface area (Å²) in [5, 5.41) is 6.34. The molecule has 0 bridgehead atoms. The van der Waals surface area contributed by atoms with Crippen molar-refractivity contribution >= 4 is 11.6 Å². The van der Waals surface area contributed by atoms with Crippen LogP contribution < -0.4 is 10.6 Å². The van der Waals surface area contributed by atoms with E-state index in [1.54, 1.807) is 0 Å². The first-order valence-electron chi connectivity index (χ1n) is 7.25. The molecule has 0 aliphatic heterocycles. The molecule has 0 aromatic heterocycles. The molecular formula is C16H24N2O. The second-order valence-corrected chi connectivity index (χ2v) is 5.58. The Morgan fingerprint density at radius 3 is 2.63 bits per heavy atom. The van der Waals surface area contributed by atoms with E-state index in [2.05, 4.69) is 23.6 Å². The monoisotopic (exact) mass is 260 g/mol. The third-order valence-corrected chi connectivity index (χ3v) is 3.81. The fourth-order valence-corrected chi connectivity index (χ4v) is 2.69. The van der Waals surface area contributed by atoms with Crippen LogP contribution in [-0.4, -0.2) is 18.5 Å². The SMILES string of the molecule is Cc1ccc(NC(=O)CNC2CCCCC2)c(C)c1. The van der Waals surface area contributed by atoms with Crippen molar-refractivity contribution in [3.8, 4) is 0 Å². The van der Waals surface area contributed by atoms with Crippen LogP contribution in [0.5, 0.6) is 0 Å². The van der Waals surface area contributed by atoms with Crippen LogP contribution in [0.2, 0.25) is 0 Å². The van der Waals surface area contributed by atoms with E-state index < -0.39 is 0 Å². The van der Waals surface area contributed by atoms with Crippen LogP contribution in [0, 0.1) is 13.8 Å². The summed E-state index contributed by atoms with van der Waals surface area (Å²) >= 11 is 0. The van der Waals surface area contributed by atoms with Crippen molar-refractivity contribution in [3.05, 3.63) is 29.3 Å². The van der Waals surface area contributed by atoms with Gasteiger partial charge in [-0.15, -0.1) is 0 Å². The number of amides is 1. The lowest BCUT2D eigenvalue weighted by molar-refractivity contribution is -0.115. The summed E-state index contributed by atoms with van der Waals surface area (Å²) < 4.78 is 0. The highest BCUT2D eigenvalue weighted by atomic mass is 16.1. The number of carbonyl (C=O) groups is 1. The second-order valence-electron chi connectivity index (χ2n) is 5.58. The highest BCUT2D eigenvalue weighted by Gasteiger charge is 2.14. The fourth-order valence-electron chi connectivity index (χ4n) is 2.69. The summed E-state index contributed by atoms with van der Waals surface area (Å²) in [5.74, 6) is 0.0533. The first-order chi connectivity index (χ1) is 9.15. The molecule has 3 heteroatoms. The average molecular weight is 260 g/mol. The van der Waals surface area contributed by atoms with Gasteiger partial charge in [0.25, 0.3) is 0 Å². The van der Waals surface area contributed by atoms with Gasteiger partial charge in [0.15, 0.2) is 0 Å². The number of anilines is 1. The highest BCUT2D eigenvalue weighted by Crippen LogP contribution is 2.18. The zero-order valence-electron chi connectivity index (χ0n) is 12.0. The Hall–Kier alpha value is -1.35. The average Bonchev–Trinajstić information content (AvgIpc) is 2.41. The minimum atomic E-state index is 0.0533. The molecule has 1 fully saturated rings. The molecule has 2 rings (SSSR count). The highest BCUT2D eigenvalue weighted by molar-refractivity contribution is 5.93. The van der Waals surface area contributed by atoms with Gasteiger partial charge < -0.3 is 10.6 Å². The van der Waals surface area contributed by atoms with Crippen molar-refractivity contribution in [1.29, 1.82) is 0 Å². The molecule has 104 valence electrons. The van der Waals surface area contributed by atoms with E-state index in [9.17, 15) is 4.79 Å². The first kappa shape index (κ1) is 14.1. The van der Waals surface area contributed by atoms with Crippen molar-refractivity contribution in [2.24, 2.45) is 0 Å². The molecule has 1 amide bonds. The standard InChI is InChI=1S/C16H24N2O/c1-12-8-9-15(13(2)10-12)18-16(19)11-17-14-6-4-3-5-7-14/h8-10,14,17H,3-7,11H2,1-2H3,(H,18,19). The second kappa shape index (κ2) is 6.71. The molecule has 19 heavy (non-hydrogen) atoms. The molecule has 1 saturated carbocycles. The van der Waals surface area contributed by atoms with E-state index >= 15 is 0 Å². The van der Waals surface area contributed by atoms with Gasteiger partial charge in [0.1, 0.15) is 0 Å².